The fraction of sp³-hybridized carbons (Fsp3) is 0. The summed E-state index contributed by atoms with van der Waals surface area (Å²) < 4.78 is 25.3. The summed E-state index contributed by atoms with van der Waals surface area (Å²) in [6.07, 6.45) is 0. The van der Waals surface area contributed by atoms with Crippen molar-refractivity contribution < 1.29 is 18.1 Å². The van der Waals surface area contributed by atoms with Crippen molar-refractivity contribution in [2.75, 3.05) is 0 Å². The summed E-state index contributed by atoms with van der Waals surface area (Å²) in [5, 5.41) is 4.40. The van der Waals surface area contributed by atoms with E-state index in [1.165, 1.54) is 0 Å². The van der Waals surface area contributed by atoms with Gasteiger partial charge >= 0.3 is 8.17 Å². The van der Waals surface area contributed by atoms with Crippen molar-refractivity contribution in [2.45, 2.75) is 0 Å². The van der Waals surface area contributed by atoms with E-state index >= 15 is 0 Å². The maximum Gasteiger partial charge on any atom is 0.767 e. The minimum Gasteiger partial charge on any atom is -0.240 e. The topological polar surface area (TPSA) is 36.9 Å². The van der Waals surface area contributed by atoms with Crippen LogP contribution in [0.4, 0.5) is 0 Å². The Morgan fingerprint density at radius 2 is 0.886 bits per heavy atom. The quantitative estimate of drug-likeness (QED) is 0.107. The van der Waals surface area contributed by atoms with Crippen LogP contribution in [0.15, 0.2) is 72.8 Å². The Hall–Kier alpha value is -2.59. The molecule has 2 heterocycles. The average Bonchev–Trinajstić information content (AvgIpc) is 3.18. The third-order valence-corrected chi connectivity index (χ3v) is 9.46. The van der Waals surface area contributed by atoms with Gasteiger partial charge in [0, 0.05) is 11.1 Å². The molecule has 0 bridgehead atoms. The Labute approximate surface area is 220 Å². The molecule has 0 unspecified atom stereocenters. The minimum atomic E-state index is -3.57. The summed E-state index contributed by atoms with van der Waals surface area (Å²) in [7, 11) is -3.57. The van der Waals surface area contributed by atoms with Crippen molar-refractivity contribution in [1.82, 2.24) is 0 Å². The molecule has 0 radical (unpaired) electrons. The minimum absolute atomic E-state index is 0.0633. The molecule has 0 aromatic heterocycles. The van der Waals surface area contributed by atoms with Crippen molar-refractivity contribution in [3.8, 4) is 34.1 Å². The summed E-state index contributed by atoms with van der Waals surface area (Å²) in [5.41, 5.74) is 1.76. The van der Waals surface area contributed by atoms with Crippen LogP contribution in [0.2, 0.25) is 20.1 Å². The van der Waals surface area contributed by atoms with Crippen LogP contribution in [0.25, 0.3) is 32.7 Å². The molecule has 5 aromatic rings. The molecular weight excluding hydrogens is 549 g/mol. The van der Waals surface area contributed by atoms with E-state index in [0.717, 1.165) is 32.7 Å². The first-order valence-corrected chi connectivity index (χ1v) is 13.5. The molecule has 2 aliphatic heterocycles. The first-order chi connectivity index (χ1) is 17.0. The molecule has 9 heteroatoms. The van der Waals surface area contributed by atoms with Gasteiger partial charge in [0.1, 0.15) is 10.0 Å². The van der Waals surface area contributed by atoms with E-state index in [1.807, 2.05) is 48.5 Å². The highest BCUT2D eigenvalue weighted by atomic mass is 35.5. The number of benzene rings is 5. The Kier molecular flexibility index (Phi) is 4.77. The van der Waals surface area contributed by atoms with E-state index in [9.17, 15) is 0 Å². The van der Waals surface area contributed by atoms with Crippen LogP contribution in [0.1, 0.15) is 0 Å². The Bertz CT molecular complexity index is 1600. The molecule has 2 aliphatic rings. The second-order valence-corrected chi connectivity index (χ2v) is 11.2. The standard InChI is InChI=1S/C26H12Cl4O4P/c27-21-22(28)24(30)26-25(23(21)29)33-35(34-26)31-17-11-9-13-5-1-3-7-15(13)19(17)20-16-8-4-2-6-14(16)10-12-18(20)32-35/h1-12H/q+1. The molecule has 0 atom stereocenters. The highest BCUT2D eigenvalue weighted by molar-refractivity contribution is 7.58. The number of fused-ring (bicyclic) bond motifs is 8. The van der Waals surface area contributed by atoms with Crippen molar-refractivity contribution in [2.24, 2.45) is 0 Å². The van der Waals surface area contributed by atoms with Crippen LogP contribution in [0.3, 0.4) is 0 Å². The summed E-state index contributed by atoms with van der Waals surface area (Å²) in [4.78, 5) is 0. The molecule has 0 aliphatic carbocycles. The molecule has 172 valence electrons. The molecule has 35 heavy (non-hydrogen) atoms. The normalized spacial score (nSPS) is 14.9. The predicted octanol–water partition coefficient (Wildman–Crippen LogP) is 10.2. The van der Waals surface area contributed by atoms with Crippen molar-refractivity contribution in [3.05, 3.63) is 92.9 Å². The average molecular weight is 561 g/mol. The van der Waals surface area contributed by atoms with E-state index < -0.39 is 8.17 Å². The molecule has 0 fully saturated rings. The Morgan fingerprint density at radius 3 is 1.34 bits per heavy atom. The largest absolute Gasteiger partial charge is 0.767 e. The second kappa shape index (κ2) is 7.70. The van der Waals surface area contributed by atoms with Gasteiger partial charge in [-0.05, 0) is 33.7 Å². The number of halogens is 4. The summed E-state index contributed by atoms with van der Waals surface area (Å²) in [6, 6.07) is 23.9. The number of rotatable bonds is 0. The van der Waals surface area contributed by atoms with E-state index in [1.54, 1.807) is 0 Å². The van der Waals surface area contributed by atoms with Crippen molar-refractivity contribution in [1.29, 1.82) is 0 Å². The maximum absolute atomic E-state index is 6.46. The van der Waals surface area contributed by atoms with E-state index in [-0.39, 0.29) is 31.6 Å². The molecular formula is C26H12Cl4O4P+. The highest BCUT2D eigenvalue weighted by Gasteiger charge is 2.65. The molecule has 7 rings (SSSR count). The van der Waals surface area contributed by atoms with Gasteiger partial charge in [-0.3, -0.25) is 0 Å². The van der Waals surface area contributed by atoms with E-state index in [4.69, 9.17) is 64.5 Å². The smallest absolute Gasteiger partial charge is 0.240 e. The second-order valence-electron chi connectivity index (χ2n) is 8.05. The molecule has 5 aromatic carbocycles. The van der Waals surface area contributed by atoms with Gasteiger partial charge in [-0.15, -0.1) is 0 Å². The lowest BCUT2D eigenvalue weighted by Crippen LogP contribution is -2.15. The van der Waals surface area contributed by atoms with Crippen LogP contribution in [0.5, 0.6) is 23.0 Å². The third-order valence-electron chi connectivity index (χ3n) is 6.04. The predicted molar refractivity (Wildman–Crippen MR) is 143 cm³/mol. The lowest BCUT2D eigenvalue weighted by Gasteiger charge is -2.12. The third kappa shape index (κ3) is 3.11. The summed E-state index contributed by atoms with van der Waals surface area (Å²) >= 11 is 25.4. The molecule has 0 saturated carbocycles. The van der Waals surface area contributed by atoms with Gasteiger partial charge in [-0.1, -0.05) is 107 Å². The van der Waals surface area contributed by atoms with Crippen molar-refractivity contribution in [3.63, 3.8) is 0 Å². The molecule has 1 spiro atoms. The SMILES string of the molecule is Clc1c(Cl)c(Cl)c2c(c1Cl)O[P+]1(Oc3ccc4ccccc4c3-c3c(ccc4ccccc34)O1)O2. The summed E-state index contributed by atoms with van der Waals surface area (Å²) in [5.74, 6) is 1.35. The zero-order valence-electron chi connectivity index (χ0n) is 17.5. The maximum atomic E-state index is 6.46. The van der Waals surface area contributed by atoms with Crippen LogP contribution in [-0.2, 0) is 0 Å². The highest BCUT2D eigenvalue weighted by Crippen LogP contribution is 2.73. The van der Waals surface area contributed by atoms with E-state index in [0.29, 0.717) is 11.5 Å². The fourth-order valence-electron chi connectivity index (χ4n) is 4.50. The molecule has 0 amide bonds. The zero-order valence-corrected chi connectivity index (χ0v) is 21.4. The lowest BCUT2D eigenvalue weighted by atomic mass is 9.92. The lowest BCUT2D eigenvalue weighted by molar-refractivity contribution is 0.299. The molecule has 4 nitrogen and oxygen atoms in total. The first kappa shape index (κ1) is 21.7. The van der Waals surface area contributed by atoms with Gasteiger partial charge in [-0.2, -0.15) is 0 Å². The van der Waals surface area contributed by atoms with Crippen molar-refractivity contribution >= 4 is 76.1 Å². The molecule has 0 N–H and O–H groups in total. The van der Waals surface area contributed by atoms with Gasteiger partial charge in [0.05, 0.1) is 10.0 Å². The monoisotopic (exact) mass is 559 g/mol. The first-order valence-electron chi connectivity index (χ1n) is 10.5. The Morgan fingerprint density at radius 1 is 0.457 bits per heavy atom. The van der Waals surface area contributed by atoms with Gasteiger partial charge in [-0.25, -0.2) is 18.1 Å². The van der Waals surface area contributed by atoms with E-state index in [2.05, 4.69) is 24.3 Å². The van der Waals surface area contributed by atoms with Gasteiger partial charge in [0.2, 0.25) is 0 Å². The van der Waals surface area contributed by atoms with Crippen LogP contribution >= 0.6 is 54.6 Å². The van der Waals surface area contributed by atoms with Crippen LogP contribution in [0, 0.1) is 0 Å². The molecule has 0 saturated heterocycles. The number of hydrogen-bond donors (Lipinski definition) is 0. The number of hydrogen-bond acceptors (Lipinski definition) is 4. The fourth-order valence-corrected chi connectivity index (χ4v) is 7.31. The zero-order chi connectivity index (χ0) is 23.9. The van der Waals surface area contributed by atoms with Crippen LogP contribution in [-0.4, -0.2) is 0 Å². The van der Waals surface area contributed by atoms with Crippen LogP contribution < -0.4 is 18.1 Å². The Balaban J connectivity index is 1.53. The summed E-state index contributed by atoms with van der Waals surface area (Å²) in [6.45, 7) is 0. The van der Waals surface area contributed by atoms with Gasteiger partial charge in [0.25, 0.3) is 11.5 Å². The van der Waals surface area contributed by atoms with Gasteiger partial charge < -0.3 is 0 Å². The van der Waals surface area contributed by atoms with Gasteiger partial charge in [0.15, 0.2) is 11.5 Å².